The molecule has 2 aromatic rings. The molecular formula is C18H21NO5. The number of hydrogen-bond donors (Lipinski definition) is 1. The van der Waals surface area contributed by atoms with Crippen LogP contribution in [0.15, 0.2) is 22.6 Å². The maximum absolute atomic E-state index is 12.8. The van der Waals surface area contributed by atoms with Gasteiger partial charge >= 0.3 is 0 Å². The molecule has 128 valence electrons. The van der Waals surface area contributed by atoms with Gasteiger partial charge in [0.2, 0.25) is 0 Å². The summed E-state index contributed by atoms with van der Waals surface area (Å²) in [6.07, 6.45) is -0.848. The summed E-state index contributed by atoms with van der Waals surface area (Å²) in [4.78, 5) is 14.4. The third-order valence-electron chi connectivity index (χ3n) is 4.31. The molecular weight excluding hydrogens is 310 g/mol. The number of methoxy groups -OCH3 is 2. The predicted molar refractivity (Wildman–Crippen MR) is 87.4 cm³/mol. The van der Waals surface area contributed by atoms with E-state index in [0.717, 1.165) is 11.1 Å². The third kappa shape index (κ3) is 2.63. The lowest BCUT2D eigenvalue weighted by Crippen LogP contribution is -2.38. The van der Waals surface area contributed by atoms with E-state index < -0.39 is 6.10 Å². The normalized spacial score (nSPS) is 16.7. The molecule has 0 saturated carbocycles. The van der Waals surface area contributed by atoms with Crippen LogP contribution in [0.4, 0.5) is 0 Å². The first-order valence-electron chi connectivity index (χ1n) is 7.74. The first-order valence-corrected chi connectivity index (χ1v) is 7.74. The molecule has 0 spiro atoms. The Balaban J connectivity index is 2.00. The number of amides is 1. The fourth-order valence-corrected chi connectivity index (χ4v) is 3.23. The SMILES string of the molecule is COc1ccc(OC)c2c1CN(C(=O)c1oc(C)cc1C)C[C@H]2O. The van der Waals surface area contributed by atoms with Crippen molar-refractivity contribution in [1.82, 2.24) is 4.90 Å². The molecule has 1 amide bonds. The second-order valence-electron chi connectivity index (χ2n) is 5.93. The van der Waals surface area contributed by atoms with Gasteiger partial charge in [-0.1, -0.05) is 0 Å². The number of nitrogens with zero attached hydrogens (tertiary/aromatic N) is 1. The van der Waals surface area contributed by atoms with E-state index in [2.05, 4.69) is 0 Å². The summed E-state index contributed by atoms with van der Waals surface area (Å²) in [6, 6.07) is 5.37. The van der Waals surface area contributed by atoms with Crippen LogP contribution in [0.2, 0.25) is 0 Å². The number of hydrogen-bond acceptors (Lipinski definition) is 5. The van der Waals surface area contributed by atoms with Gasteiger partial charge < -0.3 is 23.9 Å². The second-order valence-corrected chi connectivity index (χ2v) is 5.93. The van der Waals surface area contributed by atoms with Gasteiger partial charge in [0.05, 0.1) is 27.3 Å². The van der Waals surface area contributed by atoms with Crippen molar-refractivity contribution in [2.75, 3.05) is 20.8 Å². The average Bonchev–Trinajstić information content (AvgIpc) is 2.91. The van der Waals surface area contributed by atoms with Crippen molar-refractivity contribution < 1.29 is 23.8 Å². The minimum absolute atomic E-state index is 0.175. The van der Waals surface area contributed by atoms with Crippen LogP contribution in [0.1, 0.15) is 39.1 Å². The van der Waals surface area contributed by atoms with E-state index in [0.29, 0.717) is 35.1 Å². The zero-order valence-electron chi connectivity index (χ0n) is 14.3. The first-order chi connectivity index (χ1) is 11.5. The molecule has 0 bridgehead atoms. The van der Waals surface area contributed by atoms with Crippen molar-refractivity contribution in [3.8, 4) is 11.5 Å². The van der Waals surface area contributed by atoms with Crippen molar-refractivity contribution in [2.45, 2.75) is 26.5 Å². The molecule has 0 aliphatic carbocycles. The van der Waals surface area contributed by atoms with Crippen molar-refractivity contribution in [3.63, 3.8) is 0 Å². The molecule has 6 heteroatoms. The predicted octanol–water partition coefficient (Wildman–Crippen LogP) is 2.60. The zero-order chi connectivity index (χ0) is 17.4. The van der Waals surface area contributed by atoms with Gasteiger partial charge in [0, 0.05) is 16.7 Å². The summed E-state index contributed by atoms with van der Waals surface area (Å²) in [6.45, 7) is 4.14. The molecule has 1 atom stereocenters. The summed E-state index contributed by atoms with van der Waals surface area (Å²) in [5.41, 5.74) is 2.22. The zero-order valence-corrected chi connectivity index (χ0v) is 14.3. The Morgan fingerprint density at radius 2 is 1.92 bits per heavy atom. The fourth-order valence-electron chi connectivity index (χ4n) is 3.23. The van der Waals surface area contributed by atoms with Crippen molar-refractivity contribution in [1.29, 1.82) is 0 Å². The number of carbonyl (C=O) groups is 1. The molecule has 1 aliphatic heterocycles. The van der Waals surface area contributed by atoms with Gasteiger partial charge in [-0.05, 0) is 32.0 Å². The van der Waals surface area contributed by atoms with Crippen LogP contribution in [0.5, 0.6) is 11.5 Å². The summed E-state index contributed by atoms with van der Waals surface area (Å²) >= 11 is 0. The maximum atomic E-state index is 12.8. The van der Waals surface area contributed by atoms with Gasteiger partial charge in [0.15, 0.2) is 5.76 Å². The largest absolute Gasteiger partial charge is 0.496 e. The standard InChI is InChI=1S/C18H21NO5/c1-10-7-11(2)24-17(10)18(21)19-8-12-14(22-3)5-6-15(23-4)16(12)13(20)9-19/h5-7,13,20H,8-9H2,1-4H3/t13-/m1/s1. The average molecular weight is 331 g/mol. The number of carbonyl (C=O) groups excluding carboxylic acids is 1. The Morgan fingerprint density at radius 3 is 2.50 bits per heavy atom. The van der Waals surface area contributed by atoms with Gasteiger partial charge in [0.1, 0.15) is 23.4 Å². The van der Waals surface area contributed by atoms with Crippen LogP contribution in [0.3, 0.4) is 0 Å². The Bertz CT molecular complexity index is 780. The number of aryl methyl sites for hydroxylation is 2. The summed E-state index contributed by atoms with van der Waals surface area (Å²) < 4.78 is 16.3. The molecule has 1 N–H and O–H groups in total. The number of aliphatic hydroxyl groups is 1. The summed E-state index contributed by atoms with van der Waals surface area (Å²) in [7, 11) is 3.12. The Morgan fingerprint density at radius 1 is 1.25 bits per heavy atom. The summed E-state index contributed by atoms with van der Waals surface area (Å²) in [5, 5.41) is 10.6. The number of ether oxygens (including phenoxy) is 2. The number of fused-ring (bicyclic) bond motifs is 1. The van der Waals surface area contributed by atoms with E-state index in [1.54, 1.807) is 38.2 Å². The maximum Gasteiger partial charge on any atom is 0.290 e. The number of furan rings is 1. The molecule has 6 nitrogen and oxygen atoms in total. The van der Waals surface area contributed by atoms with E-state index in [4.69, 9.17) is 13.9 Å². The molecule has 0 unspecified atom stereocenters. The van der Waals surface area contributed by atoms with Crippen LogP contribution in [0, 0.1) is 13.8 Å². The second kappa shape index (κ2) is 6.20. The molecule has 0 saturated heterocycles. The van der Waals surface area contributed by atoms with Gasteiger partial charge in [-0.25, -0.2) is 0 Å². The van der Waals surface area contributed by atoms with Crippen molar-refractivity contribution >= 4 is 5.91 Å². The molecule has 3 rings (SSSR count). The molecule has 1 aromatic carbocycles. The van der Waals surface area contributed by atoms with Crippen LogP contribution in [-0.2, 0) is 6.54 Å². The number of aliphatic hydroxyl groups excluding tert-OH is 1. The lowest BCUT2D eigenvalue weighted by Gasteiger charge is -2.33. The molecule has 1 aromatic heterocycles. The minimum atomic E-state index is -0.848. The lowest BCUT2D eigenvalue weighted by atomic mass is 9.95. The minimum Gasteiger partial charge on any atom is -0.496 e. The summed E-state index contributed by atoms with van der Waals surface area (Å²) in [5.74, 6) is 1.97. The van der Waals surface area contributed by atoms with E-state index in [9.17, 15) is 9.90 Å². The Hall–Kier alpha value is -2.47. The van der Waals surface area contributed by atoms with Crippen LogP contribution < -0.4 is 9.47 Å². The van der Waals surface area contributed by atoms with Gasteiger partial charge in [0.25, 0.3) is 5.91 Å². The van der Waals surface area contributed by atoms with E-state index in [-0.39, 0.29) is 12.5 Å². The third-order valence-corrected chi connectivity index (χ3v) is 4.31. The molecule has 0 radical (unpaired) electrons. The van der Waals surface area contributed by atoms with E-state index >= 15 is 0 Å². The quantitative estimate of drug-likeness (QED) is 0.936. The Labute approximate surface area is 140 Å². The number of rotatable bonds is 3. The van der Waals surface area contributed by atoms with Gasteiger partial charge in [-0.2, -0.15) is 0 Å². The smallest absolute Gasteiger partial charge is 0.290 e. The highest BCUT2D eigenvalue weighted by molar-refractivity contribution is 5.93. The molecule has 1 aliphatic rings. The highest BCUT2D eigenvalue weighted by atomic mass is 16.5. The van der Waals surface area contributed by atoms with Gasteiger partial charge in [-0.15, -0.1) is 0 Å². The molecule has 24 heavy (non-hydrogen) atoms. The highest BCUT2D eigenvalue weighted by Crippen LogP contribution is 2.39. The van der Waals surface area contributed by atoms with Crippen molar-refractivity contribution in [2.24, 2.45) is 0 Å². The van der Waals surface area contributed by atoms with E-state index in [1.807, 2.05) is 13.0 Å². The topological polar surface area (TPSA) is 72.1 Å². The van der Waals surface area contributed by atoms with Crippen molar-refractivity contribution in [3.05, 3.63) is 46.4 Å². The lowest BCUT2D eigenvalue weighted by molar-refractivity contribution is 0.0509. The number of β-amino-alcohol motifs (C(OH)–C–C–N with tert-alkyl or cyclic N) is 1. The monoisotopic (exact) mass is 331 g/mol. The molecule has 0 fully saturated rings. The number of benzene rings is 1. The molecule has 2 heterocycles. The van der Waals surface area contributed by atoms with Crippen LogP contribution in [-0.4, -0.2) is 36.7 Å². The van der Waals surface area contributed by atoms with Crippen LogP contribution >= 0.6 is 0 Å². The van der Waals surface area contributed by atoms with Crippen LogP contribution in [0.25, 0.3) is 0 Å². The first kappa shape index (κ1) is 16.4. The highest BCUT2D eigenvalue weighted by Gasteiger charge is 2.33. The van der Waals surface area contributed by atoms with Gasteiger partial charge in [-0.3, -0.25) is 4.79 Å². The van der Waals surface area contributed by atoms with E-state index in [1.165, 1.54) is 0 Å². The Kier molecular flexibility index (Phi) is 4.24. The fraction of sp³-hybridized carbons (Fsp3) is 0.389.